The highest BCUT2D eigenvalue weighted by molar-refractivity contribution is 7.92. The number of carbonyl (C=O) groups is 1. The van der Waals surface area contributed by atoms with E-state index in [2.05, 4.69) is 9.71 Å². The molecule has 0 saturated heterocycles. The van der Waals surface area contributed by atoms with Gasteiger partial charge in [-0.05, 0) is 24.6 Å². The number of carbonyl (C=O) groups excluding carboxylic acids is 1. The van der Waals surface area contributed by atoms with Crippen LogP contribution in [0.5, 0.6) is 0 Å². The van der Waals surface area contributed by atoms with Crippen LogP contribution in [0, 0.1) is 12.7 Å². The highest BCUT2D eigenvalue weighted by Gasteiger charge is 2.20. The molecule has 1 unspecified atom stereocenters. The minimum atomic E-state index is -3.62. The smallest absolute Gasteiger partial charge is 0.234 e. The van der Waals surface area contributed by atoms with Crippen LogP contribution in [-0.4, -0.2) is 36.7 Å². The minimum Gasteiger partial charge on any atom is -0.395 e. The SMILES string of the molecule is Cc1ccc(C(=O)c2cc(F)c(C(C)c3ccc(NS(=O)(=O)CCO)cc3)[nH]2)cc1. The van der Waals surface area contributed by atoms with Crippen molar-refractivity contribution in [3.8, 4) is 0 Å². The molecule has 0 radical (unpaired) electrons. The van der Waals surface area contributed by atoms with Crippen LogP contribution in [-0.2, 0) is 10.0 Å². The summed E-state index contributed by atoms with van der Waals surface area (Å²) in [5.74, 6) is -1.57. The number of ketones is 1. The van der Waals surface area contributed by atoms with E-state index in [1.165, 1.54) is 6.07 Å². The van der Waals surface area contributed by atoms with E-state index in [9.17, 15) is 17.6 Å². The van der Waals surface area contributed by atoms with Gasteiger partial charge in [0.2, 0.25) is 15.8 Å². The van der Waals surface area contributed by atoms with Gasteiger partial charge < -0.3 is 10.1 Å². The Labute approximate surface area is 174 Å². The van der Waals surface area contributed by atoms with Crippen LogP contribution in [0.1, 0.15) is 45.7 Å². The Kier molecular flexibility index (Phi) is 6.38. The predicted octanol–water partition coefficient (Wildman–Crippen LogP) is 3.58. The number of aliphatic hydroxyl groups is 1. The van der Waals surface area contributed by atoms with Crippen molar-refractivity contribution < 1.29 is 22.7 Å². The molecular weight excluding hydrogens is 407 g/mol. The number of rotatable bonds is 8. The van der Waals surface area contributed by atoms with Crippen LogP contribution in [0.3, 0.4) is 0 Å². The number of aromatic nitrogens is 1. The fraction of sp³-hybridized carbons (Fsp3) is 0.227. The van der Waals surface area contributed by atoms with Gasteiger partial charge in [-0.25, -0.2) is 12.8 Å². The first-order valence-corrected chi connectivity index (χ1v) is 11.1. The summed E-state index contributed by atoms with van der Waals surface area (Å²) in [5, 5.41) is 8.79. The van der Waals surface area contributed by atoms with Gasteiger partial charge >= 0.3 is 0 Å². The number of aromatic amines is 1. The number of aliphatic hydroxyl groups excluding tert-OH is 1. The molecular formula is C22H23FN2O4S. The number of sulfonamides is 1. The van der Waals surface area contributed by atoms with E-state index in [0.717, 1.165) is 11.1 Å². The Morgan fingerprint density at radius 1 is 1.13 bits per heavy atom. The topological polar surface area (TPSA) is 99.3 Å². The molecule has 6 nitrogen and oxygen atoms in total. The van der Waals surface area contributed by atoms with Gasteiger partial charge in [-0.3, -0.25) is 9.52 Å². The molecule has 1 aromatic heterocycles. The predicted molar refractivity (Wildman–Crippen MR) is 114 cm³/mol. The lowest BCUT2D eigenvalue weighted by atomic mass is 9.97. The molecule has 0 spiro atoms. The van der Waals surface area contributed by atoms with E-state index in [1.54, 1.807) is 43.3 Å². The molecule has 158 valence electrons. The zero-order chi connectivity index (χ0) is 21.9. The first-order valence-electron chi connectivity index (χ1n) is 9.41. The molecule has 3 rings (SSSR count). The van der Waals surface area contributed by atoms with Crippen molar-refractivity contribution in [2.75, 3.05) is 17.1 Å². The van der Waals surface area contributed by atoms with Crippen molar-refractivity contribution in [3.05, 3.63) is 88.5 Å². The maximum atomic E-state index is 14.6. The summed E-state index contributed by atoms with van der Waals surface area (Å²) in [4.78, 5) is 15.5. The monoisotopic (exact) mass is 430 g/mol. The largest absolute Gasteiger partial charge is 0.395 e. The number of aryl methyl sites for hydroxylation is 1. The number of anilines is 1. The van der Waals surface area contributed by atoms with Gasteiger partial charge in [-0.15, -0.1) is 0 Å². The van der Waals surface area contributed by atoms with Gasteiger partial charge in [0.15, 0.2) is 0 Å². The van der Waals surface area contributed by atoms with Crippen LogP contribution in [0.4, 0.5) is 10.1 Å². The third-order valence-corrected chi connectivity index (χ3v) is 6.10. The Morgan fingerprint density at radius 2 is 1.77 bits per heavy atom. The molecule has 0 amide bonds. The molecule has 30 heavy (non-hydrogen) atoms. The maximum absolute atomic E-state index is 14.6. The van der Waals surface area contributed by atoms with Crippen molar-refractivity contribution in [2.24, 2.45) is 0 Å². The zero-order valence-electron chi connectivity index (χ0n) is 16.6. The second-order valence-electron chi connectivity index (χ2n) is 7.13. The van der Waals surface area contributed by atoms with E-state index in [4.69, 9.17) is 5.11 Å². The summed E-state index contributed by atoms with van der Waals surface area (Å²) in [6, 6.07) is 14.8. The van der Waals surface area contributed by atoms with Gasteiger partial charge in [0.05, 0.1) is 23.7 Å². The van der Waals surface area contributed by atoms with Crippen molar-refractivity contribution in [1.82, 2.24) is 4.98 Å². The lowest BCUT2D eigenvalue weighted by molar-refractivity contribution is 0.103. The molecule has 0 aliphatic rings. The second kappa shape index (κ2) is 8.81. The van der Waals surface area contributed by atoms with E-state index in [1.807, 2.05) is 19.1 Å². The highest BCUT2D eigenvalue weighted by Crippen LogP contribution is 2.28. The van der Waals surface area contributed by atoms with Gasteiger partial charge in [0, 0.05) is 23.2 Å². The van der Waals surface area contributed by atoms with E-state index >= 15 is 0 Å². The van der Waals surface area contributed by atoms with Crippen molar-refractivity contribution in [2.45, 2.75) is 19.8 Å². The molecule has 1 atom stereocenters. The Hall–Kier alpha value is -2.97. The van der Waals surface area contributed by atoms with Crippen LogP contribution >= 0.6 is 0 Å². The first kappa shape index (κ1) is 21.7. The summed E-state index contributed by atoms with van der Waals surface area (Å²) in [7, 11) is -3.62. The highest BCUT2D eigenvalue weighted by atomic mass is 32.2. The van der Waals surface area contributed by atoms with Gasteiger partial charge in [-0.1, -0.05) is 48.9 Å². The van der Waals surface area contributed by atoms with Gasteiger partial charge in [-0.2, -0.15) is 0 Å². The Bertz CT molecular complexity index is 1140. The molecule has 3 N–H and O–H groups in total. The third-order valence-electron chi connectivity index (χ3n) is 4.83. The second-order valence-corrected chi connectivity index (χ2v) is 8.97. The summed E-state index contributed by atoms with van der Waals surface area (Å²) in [6.45, 7) is 3.24. The zero-order valence-corrected chi connectivity index (χ0v) is 17.5. The minimum absolute atomic E-state index is 0.173. The quantitative estimate of drug-likeness (QED) is 0.476. The average molecular weight is 431 g/mol. The van der Waals surface area contributed by atoms with Crippen LogP contribution in [0.25, 0.3) is 0 Å². The lowest BCUT2D eigenvalue weighted by Crippen LogP contribution is -2.18. The lowest BCUT2D eigenvalue weighted by Gasteiger charge is -2.12. The fourth-order valence-corrected chi connectivity index (χ4v) is 3.94. The molecule has 1 heterocycles. The number of hydrogen-bond acceptors (Lipinski definition) is 4. The third kappa shape index (κ3) is 4.95. The molecule has 0 bridgehead atoms. The maximum Gasteiger partial charge on any atom is 0.234 e. The van der Waals surface area contributed by atoms with Crippen molar-refractivity contribution >= 4 is 21.5 Å². The van der Waals surface area contributed by atoms with Gasteiger partial charge in [0.25, 0.3) is 0 Å². The van der Waals surface area contributed by atoms with Crippen LogP contribution < -0.4 is 4.72 Å². The van der Waals surface area contributed by atoms with Crippen molar-refractivity contribution in [1.29, 1.82) is 0 Å². The Morgan fingerprint density at radius 3 is 2.37 bits per heavy atom. The molecule has 8 heteroatoms. The molecule has 3 aromatic rings. The molecule has 0 aliphatic heterocycles. The molecule has 0 aliphatic carbocycles. The number of benzene rings is 2. The number of H-pyrrole nitrogens is 1. The number of nitrogens with one attached hydrogen (secondary N) is 2. The molecule has 2 aromatic carbocycles. The van der Waals surface area contributed by atoms with E-state index < -0.39 is 28.2 Å². The standard InChI is InChI=1S/C22H23FN2O4S/c1-14-3-5-17(6-4-14)22(27)20-13-19(23)21(24-20)15(2)16-7-9-18(10-8-16)25-30(28,29)12-11-26/h3-10,13,15,24-26H,11-12H2,1-2H3. The summed E-state index contributed by atoms with van der Waals surface area (Å²) < 4.78 is 40.4. The van der Waals surface area contributed by atoms with Crippen molar-refractivity contribution in [3.63, 3.8) is 0 Å². The number of hydrogen-bond donors (Lipinski definition) is 3. The Balaban J connectivity index is 1.79. The normalized spacial score (nSPS) is 12.5. The summed E-state index contributed by atoms with van der Waals surface area (Å²) in [5.41, 5.74) is 3.05. The van der Waals surface area contributed by atoms with Gasteiger partial charge in [0.1, 0.15) is 5.82 Å². The first-order chi connectivity index (χ1) is 14.2. The molecule has 0 fully saturated rings. The summed E-state index contributed by atoms with van der Waals surface area (Å²) in [6.07, 6.45) is 0. The van der Waals surface area contributed by atoms with Crippen LogP contribution in [0.15, 0.2) is 54.6 Å². The summed E-state index contributed by atoms with van der Waals surface area (Å²) >= 11 is 0. The van der Waals surface area contributed by atoms with E-state index in [-0.39, 0.29) is 23.1 Å². The molecule has 0 saturated carbocycles. The average Bonchev–Trinajstić information content (AvgIpc) is 3.09. The fourth-order valence-electron chi connectivity index (χ4n) is 3.10. The van der Waals surface area contributed by atoms with E-state index in [0.29, 0.717) is 11.3 Å². The van der Waals surface area contributed by atoms with Crippen LogP contribution in [0.2, 0.25) is 0 Å². The number of halogens is 1.